The van der Waals surface area contributed by atoms with E-state index < -0.39 is 5.97 Å². The Balaban J connectivity index is 3.03. The summed E-state index contributed by atoms with van der Waals surface area (Å²) >= 11 is 0. The molecule has 0 bridgehead atoms. The monoisotopic (exact) mass is 280 g/mol. The Morgan fingerprint density at radius 3 is 2.60 bits per heavy atom. The van der Waals surface area contributed by atoms with Crippen LogP contribution in [-0.2, 0) is 9.53 Å². The maximum absolute atomic E-state index is 11.6. The topological polar surface area (TPSA) is 90.7 Å². The summed E-state index contributed by atoms with van der Waals surface area (Å²) < 4.78 is 10.3. The standard InChI is InChI=1S/C14H20N2O4/c1-9(2)20-12-8-10(14(18)19-3)4-5-11(12)16-13(17)6-7-15/h4-5,8-9H,6-7,15H2,1-3H3,(H,16,17). The average Bonchev–Trinajstić information content (AvgIpc) is 2.39. The Labute approximate surface area is 118 Å². The second kappa shape index (κ2) is 7.49. The summed E-state index contributed by atoms with van der Waals surface area (Å²) in [6.07, 6.45) is 0.132. The minimum Gasteiger partial charge on any atom is -0.489 e. The van der Waals surface area contributed by atoms with Crippen molar-refractivity contribution in [1.29, 1.82) is 0 Å². The lowest BCUT2D eigenvalue weighted by Gasteiger charge is -2.15. The van der Waals surface area contributed by atoms with Crippen molar-refractivity contribution in [3.05, 3.63) is 23.8 Å². The van der Waals surface area contributed by atoms with Gasteiger partial charge >= 0.3 is 5.97 Å². The van der Waals surface area contributed by atoms with Gasteiger partial charge in [-0.05, 0) is 32.0 Å². The molecule has 0 aliphatic heterocycles. The smallest absolute Gasteiger partial charge is 0.337 e. The van der Waals surface area contributed by atoms with Crippen LogP contribution in [0.5, 0.6) is 5.75 Å². The zero-order chi connectivity index (χ0) is 15.1. The number of carbonyl (C=O) groups excluding carboxylic acids is 2. The highest BCUT2D eigenvalue weighted by atomic mass is 16.5. The van der Waals surface area contributed by atoms with E-state index in [-0.39, 0.29) is 25.0 Å². The van der Waals surface area contributed by atoms with Gasteiger partial charge in [0.25, 0.3) is 0 Å². The summed E-state index contributed by atoms with van der Waals surface area (Å²) in [5.41, 5.74) is 6.20. The molecule has 20 heavy (non-hydrogen) atoms. The first-order valence-corrected chi connectivity index (χ1v) is 6.36. The van der Waals surface area contributed by atoms with Crippen molar-refractivity contribution >= 4 is 17.6 Å². The van der Waals surface area contributed by atoms with Gasteiger partial charge in [-0.2, -0.15) is 0 Å². The van der Waals surface area contributed by atoms with Crippen molar-refractivity contribution in [3.8, 4) is 5.75 Å². The molecule has 6 nitrogen and oxygen atoms in total. The third-order valence-corrected chi connectivity index (χ3v) is 2.41. The molecule has 0 aliphatic carbocycles. The number of nitrogens with one attached hydrogen (secondary N) is 1. The summed E-state index contributed by atoms with van der Waals surface area (Å²) in [5.74, 6) is -0.237. The zero-order valence-electron chi connectivity index (χ0n) is 11.9. The highest BCUT2D eigenvalue weighted by Crippen LogP contribution is 2.27. The van der Waals surface area contributed by atoms with E-state index in [2.05, 4.69) is 10.1 Å². The van der Waals surface area contributed by atoms with Crippen LogP contribution in [0.1, 0.15) is 30.6 Å². The van der Waals surface area contributed by atoms with E-state index in [4.69, 9.17) is 10.5 Å². The van der Waals surface area contributed by atoms with Crippen LogP contribution in [0.3, 0.4) is 0 Å². The van der Waals surface area contributed by atoms with Gasteiger partial charge in [0.2, 0.25) is 5.91 Å². The number of rotatable bonds is 6. The number of hydrogen-bond acceptors (Lipinski definition) is 5. The van der Waals surface area contributed by atoms with E-state index in [0.717, 1.165) is 0 Å². The Bertz CT molecular complexity index is 486. The predicted octanol–water partition coefficient (Wildman–Crippen LogP) is 1.55. The summed E-state index contributed by atoms with van der Waals surface area (Å²) in [4.78, 5) is 23.1. The number of methoxy groups -OCH3 is 1. The molecule has 1 amide bonds. The van der Waals surface area contributed by atoms with Gasteiger partial charge in [-0.1, -0.05) is 0 Å². The number of ether oxygens (including phenoxy) is 2. The molecule has 110 valence electrons. The molecule has 0 fully saturated rings. The van der Waals surface area contributed by atoms with Crippen LogP contribution in [0.4, 0.5) is 5.69 Å². The Morgan fingerprint density at radius 2 is 2.05 bits per heavy atom. The number of esters is 1. The largest absolute Gasteiger partial charge is 0.489 e. The van der Waals surface area contributed by atoms with Gasteiger partial charge in [-0.25, -0.2) is 4.79 Å². The lowest BCUT2D eigenvalue weighted by Crippen LogP contribution is -2.18. The predicted molar refractivity (Wildman–Crippen MR) is 75.8 cm³/mol. The number of benzene rings is 1. The molecule has 0 aliphatic rings. The second-order valence-electron chi connectivity index (χ2n) is 4.46. The normalized spacial score (nSPS) is 10.2. The van der Waals surface area contributed by atoms with Gasteiger partial charge in [0, 0.05) is 13.0 Å². The fraction of sp³-hybridized carbons (Fsp3) is 0.429. The molecule has 6 heteroatoms. The number of amides is 1. The molecule has 3 N–H and O–H groups in total. The fourth-order valence-corrected chi connectivity index (χ4v) is 1.57. The molecule has 0 radical (unpaired) electrons. The molecule has 0 atom stereocenters. The van der Waals surface area contributed by atoms with E-state index in [1.165, 1.54) is 7.11 Å². The summed E-state index contributed by atoms with van der Waals surface area (Å²) in [6, 6.07) is 4.72. The quantitative estimate of drug-likeness (QED) is 0.771. The number of carbonyl (C=O) groups is 2. The van der Waals surface area contributed by atoms with Crippen molar-refractivity contribution in [2.75, 3.05) is 19.0 Å². The molecular formula is C14H20N2O4. The Morgan fingerprint density at radius 1 is 1.35 bits per heavy atom. The fourth-order valence-electron chi connectivity index (χ4n) is 1.57. The van der Waals surface area contributed by atoms with E-state index in [9.17, 15) is 9.59 Å². The minimum atomic E-state index is -0.460. The lowest BCUT2D eigenvalue weighted by molar-refractivity contribution is -0.116. The molecule has 1 rings (SSSR count). The van der Waals surface area contributed by atoms with Crippen molar-refractivity contribution in [2.24, 2.45) is 5.73 Å². The van der Waals surface area contributed by atoms with Gasteiger partial charge in [-0.15, -0.1) is 0 Å². The SMILES string of the molecule is COC(=O)c1ccc(NC(=O)CCN)c(OC(C)C)c1. The number of anilines is 1. The lowest BCUT2D eigenvalue weighted by atomic mass is 10.2. The number of nitrogens with two attached hydrogens (primary N) is 1. The van der Waals surface area contributed by atoms with Crippen molar-refractivity contribution < 1.29 is 19.1 Å². The van der Waals surface area contributed by atoms with E-state index in [1.54, 1.807) is 18.2 Å². The van der Waals surface area contributed by atoms with Crippen molar-refractivity contribution in [2.45, 2.75) is 26.4 Å². The van der Waals surface area contributed by atoms with Crippen LogP contribution in [0.15, 0.2) is 18.2 Å². The van der Waals surface area contributed by atoms with Gasteiger partial charge < -0.3 is 20.5 Å². The number of hydrogen-bond donors (Lipinski definition) is 2. The van der Waals surface area contributed by atoms with E-state index in [1.807, 2.05) is 13.8 Å². The molecule has 0 saturated carbocycles. The summed E-state index contributed by atoms with van der Waals surface area (Å²) in [5, 5.41) is 2.70. The van der Waals surface area contributed by atoms with Crippen LogP contribution in [0, 0.1) is 0 Å². The van der Waals surface area contributed by atoms with Crippen LogP contribution in [-0.4, -0.2) is 31.6 Å². The molecule has 0 unspecified atom stereocenters. The highest BCUT2D eigenvalue weighted by Gasteiger charge is 2.13. The van der Waals surface area contributed by atoms with Crippen molar-refractivity contribution in [3.63, 3.8) is 0 Å². The summed E-state index contributed by atoms with van der Waals surface area (Å²) in [6.45, 7) is 3.99. The first-order valence-electron chi connectivity index (χ1n) is 6.36. The maximum atomic E-state index is 11.6. The van der Waals surface area contributed by atoms with Crippen molar-refractivity contribution in [1.82, 2.24) is 0 Å². The summed E-state index contributed by atoms with van der Waals surface area (Å²) in [7, 11) is 1.31. The molecule has 0 heterocycles. The Kier molecular flexibility index (Phi) is 5.99. The van der Waals surface area contributed by atoms with Crippen LogP contribution < -0.4 is 15.8 Å². The third-order valence-electron chi connectivity index (χ3n) is 2.41. The minimum absolute atomic E-state index is 0.0898. The van der Waals surface area contributed by atoms with Gasteiger partial charge in [0.1, 0.15) is 5.75 Å². The second-order valence-corrected chi connectivity index (χ2v) is 4.46. The van der Waals surface area contributed by atoms with Gasteiger partial charge in [0.15, 0.2) is 0 Å². The van der Waals surface area contributed by atoms with E-state index in [0.29, 0.717) is 17.0 Å². The maximum Gasteiger partial charge on any atom is 0.337 e. The molecule has 0 spiro atoms. The van der Waals surface area contributed by atoms with Crippen LogP contribution in [0.2, 0.25) is 0 Å². The average molecular weight is 280 g/mol. The van der Waals surface area contributed by atoms with Gasteiger partial charge in [0.05, 0.1) is 24.5 Å². The zero-order valence-corrected chi connectivity index (χ0v) is 11.9. The third kappa shape index (κ3) is 4.55. The molecule has 0 saturated heterocycles. The van der Waals surface area contributed by atoms with Gasteiger partial charge in [-0.3, -0.25) is 4.79 Å². The van der Waals surface area contributed by atoms with E-state index >= 15 is 0 Å². The molecule has 0 aromatic heterocycles. The molecule has 1 aromatic carbocycles. The molecular weight excluding hydrogens is 260 g/mol. The highest BCUT2D eigenvalue weighted by molar-refractivity contribution is 5.95. The first kappa shape index (κ1) is 16.0. The molecule has 1 aromatic rings. The first-order chi connectivity index (χ1) is 9.47. The Hall–Kier alpha value is -2.08. The van der Waals surface area contributed by atoms with Crippen LogP contribution in [0.25, 0.3) is 0 Å². The van der Waals surface area contributed by atoms with Crippen LogP contribution >= 0.6 is 0 Å².